The molecule has 0 saturated heterocycles. The Labute approximate surface area is 112 Å². The van der Waals surface area contributed by atoms with Crippen molar-refractivity contribution in [2.24, 2.45) is 0 Å². The summed E-state index contributed by atoms with van der Waals surface area (Å²) >= 11 is 0. The van der Waals surface area contributed by atoms with E-state index in [9.17, 15) is 4.79 Å². The Morgan fingerprint density at radius 1 is 0.889 bits per heavy atom. The Morgan fingerprint density at radius 3 is 2.11 bits per heavy atom. The minimum atomic E-state index is -0.667. The van der Waals surface area contributed by atoms with Crippen molar-refractivity contribution in [1.29, 1.82) is 0 Å². The van der Waals surface area contributed by atoms with Gasteiger partial charge >= 0.3 is 5.97 Å². The van der Waals surface area contributed by atoms with Gasteiger partial charge in [-0.3, -0.25) is 4.79 Å². The van der Waals surface area contributed by atoms with Gasteiger partial charge in [-0.1, -0.05) is 56.4 Å². The molecule has 0 spiro atoms. The van der Waals surface area contributed by atoms with E-state index < -0.39 is 5.97 Å². The van der Waals surface area contributed by atoms with Crippen molar-refractivity contribution < 1.29 is 9.90 Å². The number of carboxylic acid groups (broad SMARTS) is 1. The van der Waals surface area contributed by atoms with Crippen LogP contribution in [0, 0.1) is 0 Å². The number of hydrogen-bond donors (Lipinski definition) is 1. The number of rotatable bonds is 12. The molecule has 0 aliphatic heterocycles. The van der Waals surface area contributed by atoms with Crippen LogP contribution in [0.1, 0.15) is 71.1 Å². The van der Waals surface area contributed by atoms with Gasteiger partial charge in [-0.2, -0.15) is 0 Å². The lowest BCUT2D eigenvalue weighted by atomic mass is 10.1. The van der Waals surface area contributed by atoms with Crippen molar-refractivity contribution in [2.45, 2.75) is 71.1 Å². The summed E-state index contributed by atoms with van der Waals surface area (Å²) in [4.78, 5) is 10.3. The zero-order valence-corrected chi connectivity index (χ0v) is 11.7. The fraction of sp³-hybridized carbons (Fsp3) is 0.688. The molecule has 0 fully saturated rings. The molecule has 0 aromatic rings. The predicted molar refractivity (Wildman–Crippen MR) is 77.8 cm³/mol. The van der Waals surface area contributed by atoms with Gasteiger partial charge in [0.15, 0.2) is 0 Å². The molecule has 18 heavy (non-hydrogen) atoms. The van der Waals surface area contributed by atoms with E-state index >= 15 is 0 Å². The van der Waals surface area contributed by atoms with Crippen LogP contribution in [0.3, 0.4) is 0 Å². The van der Waals surface area contributed by atoms with E-state index in [2.05, 4.69) is 24.3 Å². The van der Waals surface area contributed by atoms with Gasteiger partial charge in [0.05, 0.1) is 0 Å². The summed E-state index contributed by atoms with van der Waals surface area (Å²) in [5.41, 5.74) is 0. The van der Waals surface area contributed by atoms with Crippen LogP contribution in [-0.4, -0.2) is 11.1 Å². The molecule has 0 bridgehead atoms. The Morgan fingerprint density at radius 2 is 1.50 bits per heavy atom. The number of carboxylic acids is 1. The van der Waals surface area contributed by atoms with Crippen LogP contribution >= 0.6 is 0 Å². The van der Waals surface area contributed by atoms with Gasteiger partial charge in [-0.05, 0) is 32.6 Å². The second-order valence-electron chi connectivity index (χ2n) is 4.68. The molecule has 0 aliphatic rings. The summed E-state index contributed by atoms with van der Waals surface area (Å²) in [5, 5.41) is 8.48. The van der Waals surface area contributed by atoms with Crippen molar-refractivity contribution in [1.82, 2.24) is 0 Å². The first kappa shape index (κ1) is 16.9. The van der Waals surface area contributed by atoms with Gasteiger partial charge in [0.2, 0.25) is 0 Å². The average Bonchev–Trinajstić information content (AvgIpc) is 2.34. The minimum absolute atomic E-state index is 0.330. The third-order valence-corrected chi connectivity index (χ3v) is 2.94. The van der Waals surface area contributed by atoms with Crippen molar-refractivity contribution in [3.8, 4) is 0 Å². The average molecular weight is 252 g/mol. The van der Waals surface area contributed by atoms with E-state index in [1.54, 1.807) is 0 Å². The van der Waals surface area contributed by atoms with E-state index in [1.807, 2.05) is 6.92 Å². The van der Waals surface area contributed by atoms with Gasteiger partial charge < -0.3 is 5.11 Å². The van der Waals surface area contributed by atoms with Gasteiger partial charge in [0.25, 0.3) is 0 Å². The Balaban J connectivity index is 3.07. The summed E-state index contributed by atoms with van der Waals surface area (Å²) in [5.74, 6) is -0.667. The van der Waals surface area contributed by atoms with E-state index in [0.29, 0.717) is 6.42 Å². The zero-order chi connectivity index (χ0) is 13.5. The van der Waals surface area contributed by atoms with Crippen molar-refractivity contribution in [2.75, 3.05) is 0 Å². The summed E-state index contributed by atoms with van der Waals surface area (Å²) < 4.78 is 0. The molecular formula is C16H28O2. The Kier molecular flexibility index (Phi) is 13.2. The molecule has 1 N–H and O–H groups in total. The number of aliphatic carboxylic acids is 1. The quantitative estimate of drug-likeness (QED) is 0.387. The number of unbranched alkanes of at least 4 members (excludes halogenated alkanes) is 7. The lowest BCUT2D eigenvalue weighted by Gasteiger charge is -2.00. The Bertz CT molecular complexity index is 241. The maximum atomic E-state index is 10.3. The monoisotopic (exact) mass is 252 g/mol. The first-order chi connectivity index (χ1) is 8.77. The molecule has 0 aliphatic carbocycles. The standard InChI is InChI=1S/C16H28O2/c1-2-3-4-5-6-7-8-9-10-11-12-13-14-15-16(17)18/h2-3,5-6H,4,7-15H2,1H3,(H,17,18)/b3-2-,6-5+. The van der Waals surface area contributed by atoms with Crippen LogP contribution in [0.25, 0.3) is 0 Å². The third-order valence-electron chi connectivity index (χ3n) is 2.94. The second-order valence-corrected chi connectivity index (χ2v) is 4.68. The maximum absolute atomic E-state index is 10.3. The van der Waals surface area contributed by atoms with E-state index in [4.69, 9.17) is 5.11 Å². The number of hydrogen-bond acceptors (Lipinski definition) is 1. The molecule has 104 valence electrons. The van der Waals surface area contributed by atoms with E-state index in [1.165, 1.54) is 38.5 Å². The highest BCUT2D eigenvalue weighted by atomic mass is 16.4. The van der Waals surface area contributed by atoms with Crippen molar-refractivity contribution in [3.05, 3.63) is 24.3 Å². The minimum Gasteiger partial charge on any atom is -0.481 e. The first-order valence-electron chi connectivity index (χ1n) is 7.25. The molecule has 0 aromatic carbocycles. The van der Waals surface area contributed by atoms with Crippen LogP contribution in [0.15, 0.2) is 24.3 Å². The molecule has 0 rings (SSSR count). The summed E-state index contributed by atoms with van der Waals surface area (Å²) in [6, 6.07) is 0. The third kappa shape index (κ3) is 14.9. The highest BCUT2D eigenvalue weighted by Crippen LogP contribution is 2.10. The van der Waals surface area contributed by atoms with Crippen molar-refractivity contribution in [3.63, 3.8) is 0 Å². The SMILES string of the molecule is C/C=C\C/C=C/CCCCCCCCCC(=O)O. The summed E-state index contributed by atoms with van der Waals surface area (Å²) in [6.45, 7) is 2.05. The molecule has 0 aromatic heterocycles. The van der Waals surface area contributed by atoms with Crippen LogP contribution in [-0.2, 0) is 4.79 Å². The van der Waals surface area contributed by atoms with Crippen LogP contribution < -0.4 is 0 Å². The first-order valence-corrected chi connectivity index (χ1v) is 7.25. The number of carbonyl (C=O) groups is 1. The van der Waals surface area contributed by atoms with Gasteiger partial charge in [0.1, 0.15) is 0 Å². The number of allylic oxidation sites excluding steroid dienone is 4. The fourth-order valence-corrected chi connectivity index (χ4v) is 1.85. The fourth-order valence-electron chi connectivity index (χ4n) is 1.85. The molecule has 2 heteroatoms. The smallest absolute Gasteiger partial charge is 0.303 e. The van der Waals surface area contributed by atoms with Gasteiger partial charge in [-0.15, -0.1) is 0 Å². The lowest BCUT2D eigenvalue weighted by Crippen LogP contribution is -1.93. The highest BCUT2D eigenvalue weighted by molar-refractivity contribution is 5.66. The Hall–Kier alpha value is -1.05. The van der Waals surface area contributed by atoms with Crippen LogP contribution in [0.5, 0.6) is 0 Å². The predicted octanol–water partition coefficient (Wildman–Crippen LogP) is 5.10. The molecule has 0 atom stereocenters. The van der Waals surface area contributed by atoms with Crippen LogP contribution in [0.2, 0.25) is 0 Å². The van der Waals surface area contributed by atoms with E-state index in [-0.39, 0.29) is 0 Å². The summed E-state index contributed by atoms with van der Waals surface area (Å²) in [7, 11) is 0. The maximum Gasteiger partial charge on any atom is 0.303 e. The second kappa shape index (κ2) is 14.0. The molecule has 0 saturated carbocycles. The summed E-state index contributed by atoms with van der Waals surface area (Å²) in [6.07, 6.45) is 19.5. The largest absolute Gasteiger partial charge is 0.481 e. The molecule has 0 unspecified atom stereocenters. The van der Waals surface area contributed by atoms with Gasteiger partial charge in [-0.25, -0.2) is 0 Å². The molecule has 0 heterocycles. The van der Waals surface area contributed by atoms with Gasteiger partial charge in [0, 0.05) is 6.42 Å². The van der Waals surface area contributed by atoms with Crippen LogP contribution in [0.4, 0.5) is 0 Å². The van der Waals surface area contributed by atoms with E-state index in [0.717, 1.165) is 19.3 Å². The molecular weight excluding hydrogens is 224 g/mol. The normalized spacial score (nSPS) is 11.6. The molecule has 2 nitrogen and oxygen atoms in total. The molecule has 0 amide bonds. The molecule has 0 radical (unpaired) electrons. The zero-order valence-electron chi connectivity index (χ0n) is 11.7. The van der Waals surface area contributed by atoms with Crippen molar-refractivity contribution >= 4 is 5.97 Å². The highest BCUT2D eigenvalue weighted by Gasteiger charge is 1.96. The lowest BCUT2D eigenvalue weighted by molar-refractivity contribution is -0.137. The topological polar surface area (TPSA) is 37.3 Å².